The lowest BCUT2D eigenvalue weighted by molar-refractivity contribution is 0.243. The molecular formula is C14H19NOS. The van der Waals surface area contributed by atoms with E-state index < -0.39 is 0 Å². The molecule has 1 atom stereocenters. The Labute approximate surface area is 107 Å². The van der Waals surface area contributed by atoms with Crippen LogP contribution in [0, 0.1) is 0 Å². The van der Waals surface area contributed by atoms with Gasteiger partial charge in [0.1, 0.15) is 0 Å². The molecule has 0 radical (unpaired) electrons. The molecule has 17 heavy (non-hydrogen) atoms. The van der Waals surface area contributed by atoms with Crippen molar-refractivity contribution < 1.29 is 4.74 Å². The highest BCUT2D eigenvalue weighted by Crippen LogP contribution is 2.31. The molecule has 1 aliphatic rings. The molecule has 1 aromatic rings. The van der Waals surface area contributed by atoms with Gasteiger partial charge in [0.25, 0.3) is 0 Å². The van der Waals surface area contributed by atoms with Crippen LogP contribution in [0.2, 0.25) is 0 Å². The van der Waals surface area contributed by atoms with Crippen LogP contribution in [0.4, 0.5) is 0 Å². The van der Waals surface area contributed by atoms with E-state index in [-0.39, 0.29) is 0 Å². The highest BCUT2D eigenvalue weighted by atomic mass is 32.2. The largest absolute Gasteiger partial charge is 0.502 e. The van der Waals surface area contributed by atoms with Gasteiger partial charge < -0.3 is 10.1 Å². The molecule has 0 aromatic heterocycles. The predicted molar refractivity (Wildman–Crippen MR) is 74.1 cm³/mol. The lowest BCUT2D eigenvalue weighted by Gasteiger charge is -2.26. The summed E-state index contributed by atoms with van der Waals surface area (Å²) in [6.07, 6.45) is 2.53. The first-order valence-electron chi connectivity index (χ1n) is 6.03. The lowest BCUT2D eigenvalue weighted by atomic mass is 10.0. The van der Waals surface area contributed by atoms with Gasteiger partial charge in [-0.05, 0) is 24.1 Å². The number of benzene rings is 1. The Hall–Kier alpha value is -0.930. The van der Waals surface area contributed by atoms with Gasteiger partial charge >= 0.3 is 0 Å². The Morgan fingerprint density at radius 2 is 2.35 bits per heavy atom. The average molecular weight is 249 g/mol. The Kier molecular flexibility index (Phi) is 4.95. The molecule has 0 aliphatic carbocycles. The molecule has 92 valence electrons. The van der Waals surface area contributed by atoms with E-state index in [1.54, 1.807) is 0 Å². The molecule has 0 amide bonds. The standard InChI is InChI=1S/C14H19NOS/c1-2-16-9-5-8-15-14-11-17-10-12-6-3-4-7-13(12)14/h2-4,6-7,14-15H,1,5,8-11H2. The quantitative estimate of drug-likeness (QED) is 0.618. The smallest absolute Gasteiger partial charge is 0.0885 e. The van der Waals surface area contributed by atoms with Gasteiger partial charge in [0, 0.05) is 17.5 Å². The zero-order valence-corrected chi connectivity index (χ0v) is 10.8. The summed E-state index contributed by atoms with van der Waals surface area (Å²) >= 11 is 2.00. The minimum absolute atomic E-state index is 0.494. The molecule has 0 saturated heterocycles. The summed E-state index contributed by atoms with van der Waals surface area (Å²) in [6.45, 7) is 5.27. The fourth-order valence-corrected chi connectivity index (χ4v) is 3.20. The number of ether oxygens (including phenoxy) is 1. The van der Waals surface area contributed by atoms with Gasteiger partial charge in [-0.1, -0.05) is 30.8 Å². The maximum atomic E-state index is 5.11. The third kappa shape index (κ3) is 3.51. The van der Waals surface area contributed by atoms with Gasteiger partial charge in [0.05, 0.1) is 12.9 Å². The van der Waals surface area contributed by atoms with E-state index in [1.807, 2.05) is 11.8 Å². The van der Waals surface area contributed by atoms with Gasteiger partial charge in [0.2, 0.25) is 0 Å². The van der Waals surface area contributed by atoms with Crippen molar-refractivity contribution in [2.24, 2.45) is 0 Å². The fourth-order valence-electron chi connectivity index (χ4n) is 2.07. The Bertz CT molecular complexity index is 367. The highest BCUT2D eigenvalue weighted by Gasteiger charge is 2.18. The second-order valence-corrected chi connectivity index (χ2v) is 5.14. The van der Waals surface area contributed by atoms with Crippen molar-refractivity contribution in [1.29, 1.82) is 0 Å². The summed E-state index contributed by atoms with van der Waals surface area (Å²) in [5, 5.41) is 3.60. The maximum absolute atomic E-state index is 5.11. The zero-order chi connectivity index (χ0) is 11.9. The Balaban J connectivity index is 1.84. The summed E-state index contributed by atoms with van der Waals surface area (Å²) in [5.74, 6) is 2.31. The first kappa shape index (κ1) is 12.5. The first-order valence-corrected chi connectivity index (χ1v) is 7.18. The molecule has 0 saturated carbocycles. The topological polar surface area (TPSA) is 21.3 Å². The van der Waals surface area contributed by atoms with E-state index in [0.717, 1.165) is 25.3 Å². The number of rotatable bonds is 6. The van der Waals surface area contributed by atoms with Gasteiger partial charge in [0.15, 0.2) is 0 Å². The second-order valence-electron chi connectivity index (χ2n) is 4.11. The normalized spacial score (nSPS) is 18.5. The molecule has 2 rings (SSSR count). The molecule has 1 aliphatic heterocycles. The summed E-state index contributed by atoms with van der Waals surface area (Å²) in [6, 6.07) is 9.22. The maximum Gasteiger partial charge on any atom is 0.0885 e. The molecule has 1 N–H and O–H groups in total. The second kappa shape index (κ2) is 6.72. The highest BCUT2D eigenvalue weighted by molar-refractivity contribution is 7.98. The zero-order valence-electron chi connectivity index (χ0n) is 10.0. The molecule has 1 heterocycles. The van der Waals surface area contributed by atoms with Crippen molar-refractivity contribution in [3.8, 4) is 0 Å². The van der Waals surface area contributed by atoms with Crippen LogP contribution in [0.3, 0.4) is 0 Å². The Morgan fingerprint density at radius 1 is 1.47 bits per heavy atom. The molecular weight excluding hydrogens is 230 g/mol. The number of nitrogens with one attached hydrogen (secondary N) is 1. The summed E-state index contributed by atoms with van der Waals surface area (Å²) in [7, 11) is 0. The van der Waals surface area contributed by atoms with E-state index in [1.165, 1.54) is 23.1 Å². The van der Waals surface area contributed by atoms with E-state index in [0.29, 0.717) is 6.04 Å². The lowest BCUT2D eigenvalue weighted by Crippen LogP contribution is -2.27. The van der Waals surface area contributed by atoms with Crippen LogP contribution in [0.1, 0.15) is 23.6 Å². The van der Waals surface area contributed by atoms with Crippen LogP contribution in [-0.4, -0.2) is 18.9 Å². The van der Waals surface area contributed by atoms with E-state index in [4.69, 9.17) is 4.74 Å². The van der Waals surface area contributed by atoms with Gasteiger partial charge in [-0.15, -0.1) is 0 Å². The number of hydrogen-bond donors (Lipinski definition) is 1. The minimum Gasteiger partial charge on any atom is -0.502 e. The predicted octanol–water partition coefficient (Wildman–Crippen LogP) is 3.11. The SMILES string of the molecule is C=COCCCNC1CSCc2ccccc21. The van der Waals surface area contributed by atoms with Crippen molar-refractivity contribution in [3.63, 3.8) is 0 Å². The van der Waals surface area contributed by atoms with Crippen molar-refractivity contribution in [2.75, 3.05) is 18.9 Å². The minimum atomic E-state index is 0.494. The van der Waals surface area contributed by atoms with E-state index in [2.05, 4.69) is 36.2 Å². The van der Waals surface area contributed by atoms with Crippen LogP contribution >= 0.6 is 11.8 Å². The fraction of sp³-hybridized carbons (Fsp3) is 0.429. The monoisotopic (exact) mass is 249 g/mol. The van der Waals surface area contributed by atoms with Crippen molar-refractivity contribution in [2.45, 2.75) is 18.2 Å². The van der Waals surface area contributed by atoms with Crippen molar-refractivity contribution >= 4 is 11.8 Å². The summed E-state index contributed by atoms with van der Waals surface area (Å²) < 4.78 is 5.11. The number of hydrogen-bond acceptors (Lipinski definition) is 3. The van der Waals surface area contributed by atoms with E-state index >= 15 is 0 Å². The van der Waals surface area contributed by atoms with E-state index in [9.17, 15) is 0 Å². The summed E-state index contributed by atoms with van der Waals surface area (Å²) in [5.41, 5.74) is 2.94. The van der Waals surface area contributed by atoms with Crippen molar-refractivity contribution in [3.05, 3.63) is 48.2 Å². The third-order valence-electron chi connectivity index (χ3n) is 2.92. The summed E-state index contributed by atoms with van der Waals surface area (Å²) in [4.78, 5) is 0. The molecule has 2 nitrogen and oxygen atoms in total. The van der Waals surface area contributed by atoms with Crippen LogP contribution in [-0.2, 0) is 10.5 Å². The van der Waals surface area contributed by atoms with Crippen LogP contribution in [0.5, 0.6) is 0 Å². The molecule has 3 heteroatoms. The first-order chi connectivity index (χ1) is 8.42. The Morgan fingerprint density at radius 3 is 3.24 bits per heavy atom. The molecule has 0 fully saturated rings. The van der Waals surface area contributed by atoms with Crippen LogP contribution in [0.25, 0.3) is 0 Å². The van der Waals surface area contributed by atoms with Crippen LogP contribution < -0.4 is 5.32 Å². The van der Waals surface area contributed by atoms with Crippen LogP contribution in [0.15, 0.2) is 37.1 Å². The molecule has 1 unspecified atom stereocenters. The molecule has 1 aromatic carbocycles. The van der Waals surface area contributed by atoms with Gasteiger partial charge in [-0.3, -0.25) is 0 Å². The average Bonchev–Trinajstić information content (AvgIpc) is 2.39. The van der Waals surface area contributed by atoms with Gasteiger partial charge in [-0.25, -0.2) is 0 Å². The number of thioether (sulfide) groups is 1. The number of fused-ring (bicyclic) bond motifs is 1. The molecule has 0 bridgehead atoms. The van der Waals surface area contributed by atoms with Gasteiger partial charge in [-0.2, -0.15) is 11.8 Å². The third-order valence-corrected chi connectivity index (χ3v) is 4.00. The van der Waals surface area contributed by atoms with Crippen molar-refractivity contribution in [1.82, 2.24) is 5.32 Å². The molecule has 0 spiro atoms.